The molecule has 0 unspecified atom stereocenters. The molecular weight excluding hydrogens is 1140 g/mol. The predicted octanol–water partition coefficient (Wildman–Crippen LogP) is -2.39. The summed E-state index contributed by atoms with van der Waals surface area (Å²) in [6, 6.07) is 2.81. The van der Waals surface area contributed by atoms with Gasteiger partial charge in [0.1, 0.15) is 42.3 Å². The van der Waals surface area contributed by atoms with Gasteiger partial charge < -0.3 is 79.7 Å². The number of imide groups is 1. The molecule has 0 bridgehead atoms. The average Bonchev–Trinajstić information content (AvgIpc) is 3.65. The lowest BCUT2D eigenvalue weighted by Gasteiger charge is -2.28. The Labute approximate surface area is 495 Å². The van der Waals surface area contributed by atoms with Crippen LogP contribution >= 0.6 is 21.6 Å². The van der Waals surface area contributed by atoms with Crippen molar-refractivity contribution in [3.8, 4) is 0 Å². The summed E-state index contributed by atoms with van der Waals surface area (Å²) >= 11 is 0. The maximum Gasteiger partial charge on any atom is 0.325 e. The number of carboxylic acid groups (broad SMARTS) is 1. The first-order chi connectivity index (χ1) is 40.7. The van der Waals surface area contributed by atoms with Crippen LogP contribution in [0.2, 0.25) is 0 Å². The number of ketones is 1. The number of nitrogens with one attached hydrogen (secondary N) is 14. The predicted molar refractivity (Wildman–Crippen MR) is 313 cm³/mol. The largest absolute Gasteiger partial charge is 0.481 e. The van der Waals surface area contributed by atoms with Gasteiger partial charge in [0.25, 0.3) is 5.91 Å². The Bertz CT molecular complexity index is 3060. The highest BCUT2D eigenvalue weighted by Crippen LogP contribution is 2.25. The van der Waals surface area contributed by atoms with Crippen LogP contribution in [0.5, 0.6) is 0 Å². The van der Waals surface area contributed by atoms with Gasteiger partial charge in [0.05, 0.1) is 18.9 Å². The van der Waals surface area contributed by atoms with Gasteiger partial charge in [0, 0.05) is 79.3 Å². The number of carbonyl (C=O) groups excluding carboxylic acids is 10. The summed E-state index contributed by atoms with van der Waals surface area (Å²) in [4.78, 5) is 165. The van der Waals surface area contributed by atoms with E-state index in [-0.39, 0.29) is 81.5 Å². The molecule has 4 heterocycles. The van der Waals surface area contributed by atoms with Gasteiger partial charge in [-0.15, -0.1) is 0 Å². The number of hydrogen-bond acceptors (Lipinski definition) is 16. The van der Waals surface area contributed by atoms with E-state index in [0.717, 1.165) is 32.5 Å². The smallest absolute Gasteiger partial charge is 0.325 e. The third-order valence-corrected chi connectivity index (χ3v) is 16.0. The molecule has 2 saturated heterocycles. The van der Waals surface area contributed by atoms with Crippen molar-refractivity contribution < 1.29 is 57.8 Å². The number of imidazole rings is 1. The van der Waals surface area contributed by atoms with Gasteiger partial charge in [-0.25, -0.2) is 9.78 Å². The molecule has 2 aromatic carbocycles. The SMILES string of the molecule is CC(=O)[C@@H]1CSSC[C@H](NC(=O)[C@H](CCCNC(=N)N)N2C(=O)CNC2=O)C(=O)N[C@@H](CCC(=O)O)C(=O)N[C@@H](Cc2cnc[nH]2)C(=O)N[C@H](Cc2ccccc2)C(=O)N[C@@H](CCCNC(=N)N)C(=O)N[C@@H](Cc2c[nH]c3ccccc23)C(=O)N1. The maximum absolute atomic E-state index is 14.8. The lowest BCUT2D eigenvalue weighted by Crippen LogP contribution is -2.61. The van der Waals surface area contributed by atoms with Crippen molar-refractivity contribution in [3.63, 3.8) is 0 Å². The zero-order valence-electron chi connectivity index (χ0n) is 46.3. The van der Waals surface area contributed by atoms with Gasteiger partial charge in [-0.2, -0.15) is 0 Å². The summed E-state index contributed by atoms with van der Waals surface area (Å²) in [6.45, 7) is 0.925. The molecule has 0 saturated carbocycles. The highest BCUT2D eigenvalue weighted by atomic mass is 33.1. The zero-order valence-corrected chi connectivity index (χ0v) is 47.9. The fourth-order valence-corrected chi connectivity index (χ4v) is 11.6. The second-order valence-electron chi connectivity index (χ2n) is 20.0. The van der Waals surface area contributed by atoms with Gasteiger partial charge in [-0.1, -0.05) is 70.1 Å². The Morgan fingerprint density at radius 2 is 1.28 bits per heavy atom. The van der Waals surface area contributed by atoms with Crippen molar-refractivity contribution >= 4 is 109 Å². The van der Waals surface area contributed by atoms with Crippen LogP contribution < -0.4 is 64.6 Å². The molecule has 85 heavy (non-hydrogen) atoms. The first-order valence-corrected chi connectivity index (χ1v) is 29.6. The number of guanidine groups is 2. The minimum Gasteiger partial charge on any atom is -0.481 e. The number of amides is 10. The Kier molecular flexibility index (Phi) is 24.5. The fourth-order valence-electron chi connectivity index (χ4n) is 9.17. The van der Waals surface area contributed by atoms with E-state index in [1.54, 1.807) is 48.7 Å². The van der Waals surface area contributed by atoms with E-state index in [0.29, 0.717) is 21.7 Å². The molecule has 2 aromatic heterocycles. The summed E-state index contributed by atoms with van der Waals surface area (Å²) < 4.78 is 0. The molecule has 6 rings (SSSR count). The number of aliphatic carboxylic acids is 1. The van der Waals surface area contributed by atoms with Crippen molar-refractivity contribution in [3.05, 3.63) is 90.1 Å². The van der Waals surface area contributed by atoms with E-state index in [9.17, 15) is 57.8 Å². The third kappa shape index (κ3) is 20.0. The summed E-state index contributed by atoms with van der Waals surface area (Å²) in [5.74, 6) is -10.5. The van der Waals surface area contributed by atoms with Crippen molar-refractivity contribution in [2.45, 2.75) is 113 Å². The van der Waals surface area contributed by atoms with E-state index in [4.69, 9.17) is 22.3 Å². The van der Waals surface area contributed by atoms with Gasteiger partial charge in [0.2, 0.25) is 41.4 Å². The summed E-state index contributed by atoms with van der Waals surface area (Å²) in [7, 11) is 1.91. The van der Waals surface area contributed by atoms with Crippen LogP contribution in [0.3, 0.4) is 0 Å². The highest BCUT2D eigenvalue weighted by molar-refractivity contribution is 8.76. The molecule has 8 atom stereocenters. The number of carboxylic acids is 1. The average molecular weight is 1220 g/mol. The molecule has 0 spiro atoms. The van der Waals surface area contributed by atoms with Crippen molar-refractivity contribution in [2.75, 3.05) is 31.1 Å². The van der Waals surface area contributed by atoms with Gasteiger partial charge in [0.15, 0.2) is 17.7 Å². The second-order valence-corrected chi connectivity index (χ2v) is 22.5. The Morgan fingerprint density at radius 1 is 0.706 bits per heavy atom. The van der Waals surface area contributed by atoms with Crippen LogP contribution in [0.1, 0.15) is 62.3 Å². The number of aromatic amines is 2. The molecule has 2 aliphatic rings. The van der Waals surface area contributed by atoms with E-state index in [2.05, 4.69) is 68.1 Å². The molecule has 2 aliphatic heterocycles. The number of nitrogens with zero attached hydrogens (tertiary/aromatic N) is 2. The summed E-state index contributed by atoms with van der Waals surface area (Å²) in [6.07, 6.45) is 2.45. The van der Waals surface area contributed by atoms with Crippen LogP contribution in [0.15, 0.2) is 73.3 Å². The molecule has 2 fully saturated rings. The molecule has 30 nitrogen and oxygen atoms in total. The number of hydrogen-bond donors (Lipinski definition) is 17. The van der Waals surface area contributed by atoms with Crippen LogP contribution in [0.4, 0.5) is 4.79 Å². The number of Topliss-reactive ketones (excluding diaryl/α,β-unsaturated/α-hetero) is 1. The Hall–Kier alpha value is -9.20. The molecular formula is C53H70N18O12S2. The van der Waals surface area contributed by atoms with Crippen LogP contribution in [-0.4, -0.2) is 181 Å². The number of para-hydroxylation sites is 1. The normalized spacial score (nSPS) is 21.8. The number of benzene rings is 2. The highest BCUT2D eigenvalue weighted by Gasteiger charge is 2.41. The van der Waals surface area contributed by atoms with Crippen LogP contribution in [-0.2, 0) is 67.2 Å². The van der Waals surface area contributed by atoms with E-state index >= 15 is 0 Å². The maximum atomic E-state index is 14.8. The minimum absolute atomic E-state index is 0.0470. The first kappa shape index (κ1) is 65.0. The van der Waals surface area contributed by atoms with Crippen molar-refractivity contribution in [1.82, 2.24) is 73.0 Å². The lowest BCUT2D eigenvalue weighted by atomic mass is 10.0. The topological polar surface area (TPSA) is 476 Å². The number of urea groups is 1. The van der Waals surface area contributed by atoms with E-state index < -0.39 is 133 Å². The number of fused-ring (bicyclic) bond motifs is 1. The molecule has 4 aromatic rings. The second kappa shape index (κ2) is 32.0. The van der Waals surface area contributed by atoms with Crippen molar-refractivity contribution in [1.29, 1.82) is 10.8 Å². The van der Waals surface area contributed by atoms with Crippen molar-refractivity contribution in [2.24, 2.45) is 11.5 Å². The van der Waals surface area contributed by atoms with Gasteiger partial charge in [-0.05, 0) is 56.2 Å². The van der Waals surface area contributed by atoms with E-state index in [1.807, 2.05) is 12.1 Å². The molecule has 32 heteroatoms. The van der Waals surface area contributed by atoms with Crippen LogP contribution in [0.25, 0.3) is 10.9 Å². The number of aromatic nitrogens is 3. The quantitative estimate of drug-likeness (QED) is 0.0136. The van der Waals surface area contributed by atoms with Gasteiger partial charge in [-0.3, -0.25) is 63.7 Å². The Balaban J connectivity index is 1.42. The van der Waals surface area contributed by atoms with Crippen LogP contribution in [0, 0.1) is 10.8 Å². The summed E-state index contributed by atoms with van der Waals surface area (Å²) in [5, 5.41) is 51.9. The zero-order chi connectivity index (χ0) is 61.6. The Morgan fingerprint density at radius 3 is 1.91 bits per heavy atom. The fraction of sp³-hybridized carbons (Fsp3) is 0.434. The number of H-pyrrole nitrogens is 2. The number of carbonyl (C=O) groups is 11. The molecule has 456 valence electrons. The minimum atomic E-state index is -1.73. The monoisotopic (exact) mass is 1210 g/mol. The lowest BCUT2D eigenvalue weighted by molar-refractivity contribution is -0.139. The van der Waals surface area contributed by atoms with Gasteiger partial charge >= 0.3 is 12.0 Å². The number of rotatable bonds is 21. The first-order valence-electron chi connectivity index (χ1n) is 27.1. The molecule has 0 aliphatic carbocycles. The third-order valence-electron chi connectivity index (χ3n) is 13.6. The molecule has 10 amide bonds. The molecule has 19 N–H and O–H groups in total. The number of nitrogens with two attached hydrogens (primary N) is 2. The summed E-state index contributed by atoms with van der Waals surface area (Å²) in [5.41, 5.74) is 13.2. The van der Waals surface area contributed by atoms with E-state index in [1.165, 1.54) is 19.4 Å². The molecule has 0 radical (unpaired) electrons. The standard InChI is InChI=1S/C53H70N18O12S2/c1-28(72)39-25-84-85-26-40(70-50(82)41(14-8-18-60-52(56)57)71-42(73)24-62-53(71)83)49(81)65-35(15-16-43(74)75)45(77)68-38(21-31-23-58-27-63-31)48(80)66-36(19-29-9-3-2-4-10-29)46(78)64-34(13-7-17-59-51(54)55)44(76)67-37(47(79)69-39)20-30-22-61-33-12-6-5-11-32(30)33/h2-6,9-12,22-23,27,34-41,61H,7-8,13-21,24-26H2,1H3,(H,58,63)(H,62,83)(H,64,78)(H,65,81)(H,66,80)(H,67,76)(H,68,77)(H,69,79)(H,70,82)(H,74,75)(H4,54,55,59)(H4,56,57,60)/t34-,35-,36+,37-,38-,39-,40-,41-/m0/s1.